The molecule has 1 unspecified atom stereocenters. The fraction of sp³-hybridized carbons (Fsp3) is 0.529. The Morgan fingerprint density at radius 3 is 2.57 bits per heavy atom. The molecule has 1 atom stereocenters. The Bertz CT molecular complexity index is 550. The lowest BCUT2D eigenvalue weighted by Gasteiger charge is -2.28. The van der Waals surface area contributed by atoms with E-state index in [0.717, 1.165) is 24.4 Å². The Hall–Kier alpha value is -1.68. The van der Waals surface area contributed by atoms with Crippen LogP contribution < -0.4 is 0 Å². The molecule has 2 rings (SSSR count). The maximum atomic E-state index is 11.1. The van der Waals surface area contributed by atoms with Crippen LogP contribution in [0.25, 0.3) is 0 Å². The number of rotatable bonds is 7. The van der Waals surface area contributed by atoms with Gasteiger partial charge in [-0.25, -0.2) is 9.67 Å². The van der Waals surface area contributed by atoms with E-state index in [-0.39, 0.29) is 0 Å². The van der Waals surface area contributed by atoms with Crippen LogP contribution in [0.2, 0.25) is 0 Å². The van der Waals surface area contributed by atoms with Gasteiger partial charge in [0.2, 0.25) is 0 Å². The highest BCUT2D eigenvalue weighted by atomic mass is 16.3. The molecule has 0 spiro atoms. The zero-order chi connectivity index (χ0) is 15.3. The van der Waals surface area contributed by atoms with Crippen molar-refractivity contribution in [1.82, 2.24) is 14.8 Å². The summed E-state index contributed by atoms with van der Waals surface area (Å²) in [6.45, 7) is 7.22. The summed E-state index contributed by atoms with van der Waals surface area (Å²) >= 11 is 0. The molecule has 0 aliphatic carbocycles. The fourth-order valence-electron chi connectivity index (χ4n) is 2.68. The quantitative estimate of drug-likeness (QED) is 0.851. The van der Waals surface area contributed by atoms with Gasteiger partial charge in [-0.15, -0.1) is 0 Å². The van der Waals surface area contributed by atoms with Crippen molar-refractivity contribution in [3.8, 4) is 0 Å². The van der Waals surface area contributed by atoms with Gasteiger partial charge < -0.3 is 5.11 Å². The minimum absolute atomic E-state index is 0.498. The van der Waals surface area contributed by atoms with Crippen LogP contribution in [0.15, 0.2) is 36.7 Å². The third-order valence-electron chi connectivity index (χ3n) is 3.66. The standard InChI is InChI=1S/C17H25N3O/c1-4-10-17(21,15-8-6-5-7-9-15)11-16-18-13-19-20(16)12-14(2)3/h5-9,13-14,21H,4,10-12H2,1-3H3. The summed E-state index contributed by atoms with van der Waals surface area (Å²) in [6, 6.07) is 9.87. The molecule has 1 N–H and O–H groups in total. The summed E-state index contributed by atoms with van der Waals surface area (Å²) in [5.41, 5.74) is 0.0727. The van der Waals surface area contributed by atoms with Gasteiger partial charge in [0.15, 0.2) is 0 Å². The van der Waals surface area contributed by atoms with Crippen LogP contribution in [-0.2, 0) is 18.6 Å². The van der Waals surface area contributed by atoms with Crippen LogP contribution in [0.5, 0.6) is 0 Å². The van der Waals surface area contributed by atoms with E-state index in [1.807, 2.05) is 35.0 Å². The summed E-state index contributed by atoms with van der Waals surface area (Å²) in [4.78, 5) is 4.35. The van der Waals surface area contributed by atoms with Crippen molar-refractivity contribution in [2.24, 2.45) is 5.92 Å². The van der Waals surface area contributed by atoms with Gasteiger partial charge in [-0.1, -0.05) is 57.5 Å². The normalized spacial score (nSPS) is 14.3. The van der Waals surface area contributed by atoms with E-state index in [1.54, 1.807) is 6.33 Å². The van der Waals surface area contributed by atoms with Crippen molar-refractivity contribution in [2.75, 3.05) is 0 Å². The molecule has 0 amide bonds. The molecule has 0 bridgehead atoms. The predicted molar refractivity (Wildman–Crippen MR) is 83.8 cm³/mol. The highest BCUT2D eigenvalue weighted by Crippen LogP contribution is 2.30. The number of nitrogens with zero attached hydrogens (tertiary/aromatic N) is 3. The van der Waals surface area contributed by atoms with Crippen LogP contribution in [0.3, 0.4) is 0 Å². The van der Waals surface area contributed by atoms with Gasteiger partial charge in [0, 0.05) is 13.0 Å². The van der Waals surface area contributed by atoms with Crippen LogP contribution in [-0.4, -0.2) is 19.9 Å². The van der Waals surface area contributed by atoms with E-state index in [4.69, 9.17) is 0 Å². The molecule has 4 nitrogen and oxygen atoms in total. The molecule has 0 radical (unpaired) electrons. The molecular weight excluding hydrogens is 262 g/mol. The van der Waals surface area contributed by atoms with Gasteiger partial charge in [0.25, 0.3) is 0 Å². The van der Waals surface area contributed by atoms with E-state index >= 15 is 0 Å². The third kappa shape index (κ3) is 3.91. The highest BCUT2D eigenvalue weighted by Gasteiger charge is 2.30. The van der Waals surface area contributed by atoms with Crippen LogP contribution in [0.1, 0.15) is 45.0 Å². The van der Waals surface area contributed by atoms with Crippen molar-refractivity contribution in [1.29, 1.82) is 0 Å². The van der Waals surface area contributed by atoms with E-state index in [9.17, 15) is 5.11 Å². The van der Waals surface area contributed by atoms with Crippen molar-refractivity contribution < 1.29 is 5.11 Å². The lowest BCUT2D eigenvalue weighted by atomic mass is 9.86. The van der Waals surface area contributed by atoms with Gasteiger partial charge in [0.1, 0.15) is 12.2 Å². The number of benzene rings is 1. The molecule has 0 aliphatic rings. The average Bonchev–Trinajstić information content (AvgIpc) is 2.86. The zero-order valence-corrected chi connectivity index (χ0v) is 13.2. The van der Waals surface area contributed by atoms with Crippen molar-refractivity contribution in [2.45, 2.75) is 52.2 Å². The van der Waals surface area contributed by atoms with Gasteiger partial charge >= 0.3 is 0 Å². The Balaban J connectivity index is 2.26. The zero-order valence-electron chi connectivity index (χ0n) is 13.2. The SMILES string of the molecule is CCCC(O)(Cc1ncnn1CC(C)C)c1ccccc1. The molecular formula is C17H25N3O. The summed E-state index contributed by atoms with van der Waals surface area (Å²) in [5, 5.41) is 15.4. The molecule has 2 aromatic rings. The fourth-order valence-corrected chi connectivity index (χ4v) is 2.68. The monoisotopic (exact) mass is 287 g/mol. The van der Waals surface area contributed by atoms with E-state index in [0.29, 0.717) is 18.8 Å². The lowest BCUT2D eigenvalue weighted by Crippen LogP contribution is -2.30. The Labute approximate surface area is 126 Å². The largest absolute Gasteiger partial charge is 0.385 e. The molecule has 21 heavy (non-hydrogen) atoms. The summed E-state index contributed by atoms with van der Waals surface area (Å²) in [5.74, 6) is 1.35. The highest BCUT2D eigenvalue weighted by molar-refractivity contribution is 5.23. The summed E-state index contributed by atoms with van der Waals surface area (Å²) in [7, 11) is 0. The molecule has 4 heteroatoms. The van der Waals surface area contributed by atoms with Gasteiger partial charge in [-0.05, 0) is 17.9 Å². The summed E-state index contributed by atoms with van der Waals surface area (Å²) in [6.07, 6.45) is 3.71. The summed E-state index contributed by atoms with van der Waals surface area (Å²) < 4.78 is 1.91. The Kier molecular flexibility index (Phi) is 5.12. The van der Waals surface area contributed by atoms with Gasteiger partial charge in [0.05, 0.1) is 5.60 Å². The van der Waals surface area contributed by atoms with Gasteiger partial charge in [-0.2, -0.15) is 5.10 Å². The first-order valence-corrected chi connectivity index (χ1v) is 7.69. The second-order valence-electron chi connectivity index (χ2n) is 6.08. The van der Waals surface area contributed by atoms with E-state index in [2.05, 4.69) is 30.9 Å². The van der Waals surface area contributed by atoms with Crippen molar-refractivity contribution in [3.63, 3.8) is 0 Å². The molecule has 1 aromatic heterocycles. The van der Waals surface area contributed by atoms with Crippen LogP contribution in [0.4, 0.5) is 0 Å². The number of aliphatic hydroxyl groups is 1. The van der Waals surface area contributed by atoms with Crippen LogP contribution >= 0.6 is 0 Å². The molecule has 0 saturated heterocycles. The van der Waals surface area contributed by atoms with Crippen LogP contribution in [0, 0.1) is 5.92 Å². The van der Waals surface area contributed by atoms with Gasteiger partial charge in [-0.3, -0.25) is 0 Å². The predicted octanol–water partition coefficient (Wildman–Crippen LogP) is 3.16. The van der Waals surface area contributed by atoms with Crippen molar-refractivity contribution in [3.05, 3.63) is 48.0 Å². The second kappa shape index (κ2) is 6.85. The van der Waals surface area contributed by atoms with Crippen molar-refractivity contribution >= 4 is 0 Å². The first-order valence-electron chi connectivity index (χ1n) is 7.69. The maximum Gasteiger partial charge on any atom is 0.138 e. The Morgan fingerprint density at radius 2 is 1.95 bits per heavy atom. The van der Waals surface area contributed by atoms with E-state index in [1.165, 1.54) is 0 Å². The molecule has 0 aliphatic heterocycles. The second-order valence-corrected chi connectivity index (χ2v) is 6.08. The first kappa shape index (κ1) is 15.7. The molecule has 0 saturated carbocycles. The number of hydrogen-bond acceptors (Lipinski definition) is 3. The number of hydrogen-bond donors (Lipinski definition) is 1. The molecule has 1 heterocycles. The average molecular weight is 287 g/mol. The Morgan fingerprint density at radius 1 is 1.24 bits per heavy atom. The minimum atomic E-state index is -0.877. The molecule has 114 valence electrons. The minimum Gasteiger partial charge on any atom is -0.385 e. The van der Waals surface area contributed by atoms with E-state index < -0.39 is 5.60 Å². The lowest BCUT2D eigenvalue weighted by molar-refractivity contribution is 0.0237. The number of aromatic nitrogens is 3. The smallest absolute Gasteiger partial charge is 0.138 e. The molecule has 0 fully saturated rings. The third-order valence-corrected chi connectivity index (χ3v) is 3.66. The first-order chi connectivity index (χ1) is 10.0. The maximum absolute atomic E-state index is 11.1. The molecule has 1 aromatic carbocycles. The topological polar surface area (TPSA) is 50.9 Å².